The van der Waals surface area contributed by atoms with Crippen molar-refractivity contribution in [1.29, 1.82) is 0 Å². The molecule has 1 saturated heterocycles. The van der Waals surface area contributed by atoms with Gasteiger partial charge in [0.15, 0.2) is 0 Å². The number of fused-ring (bicyclic) bond motifs is 1. The molecule has 3 N–H and O–H groups in total. The number of benzene rings is 1. The van der Waals surface area contributed by atoms with Crippen LogP contribution >= 0.6 is 23.2 Å². The fourth-order valence-electron chi connectivity index (χ4n) is 3.36. The van der Waals surface area contributed by atoms with Gasteiger partial charge in [0, 0.05) is 29.1 Å². The minimum atomic E-state index is -0.420. The van der Waals surface area contributed by atoms with Crippen molar-refractivity contribution in [2.24, 2.45) is 5.73 Å². The number of aliphatic hydroxyl groups excluding tert-OH is 1. The molecule has 0 saturated carbocycles. The van der Waals surface area contributed by atoms with Crippen molar-refractivity contribution < 1.29 is 5.11 Å². The third kappa shape index (κ3) is 2.50. The van der Waals surface area contributed by atoms with Gasteiger partial charge >= 0.3 is 0 Å². The fourth-order valence-corrected chi connectivity index (χ4v) is 3.95. The van der Waals surface area contributed by atoms with Gasteiger partial charge < -0.3 is 10.8 Å². The van der Waals surface area contributed by atoms with Crippen molar-refractivity contribution in [1.82, 2.24) is 4.90 Å². The van der Waals surface area contributed by atoms with Crippen LogP contribution in [0.5, 0.6) is 0 Å². The van der Waals surface area contributed by atoms with E-state index in [0.29, 0.717) is 16.5 Å². The molecule has 1 fully saturated rings. The summed E-state index contributed by atoms with van der Waals surface area (Å²) in [5.74, 6) is 0. The molecule has 0 radical (unpaired) electrons. The Kier molecular flexibility index (Phi) is 3.76. The fraction of sp³-hybridized carbons (Fsp3) is 0.571. The van der Waals surface area contributed by atoms with Crippen molar-refractivity contribution in [3.8, 4) is 0 Å². The van der Waals surface area contributed by atoms with Crippen LogP contribution in [0, 0.1) is 0 Å². The number of nitrogens with zero attached hydrogens (tertiary/aromatic N) is 1. The quantitative estimate of drug-likeness (QED) is 0.837. The molecule has 104 valence electrons. The smallest absolute Gasteiger partial charge is 0.0778 e. The van der Waals surface area contributed by atoms with Crippen molar-refractivity contribution in [3.63, 3.8) is 0 Å². The average molecular weight is 301 g/mol. The van der Waals surface area contributed by atoms with Crippen LogP contribution in [0.2, 0.25) is 10.0 Å². The van der Waals surface area contributed by atoms with Gasteiger partial charge in [0.1, 0.15) is 0 Å². The summed E-state index contributed by atoms with van der Waals surface area (Å²) < 4.78 is 0. The molecule has 19 heavy (non-hydrogen) atoms. The van der Waals surface area contributed by atoms with Gasteiger partial charge in [0.25, 0.3) is 0 Å². The lowest BCUT2D eigenvalue weighted by Gasteiger charge is -2.37. The van der Waals surface area contributed by atoms with Crippen LogP contribution in [-0.2, 0) is 6.42 Å². The van der Waals surface area contributed by atoms with Crippen LogP contribution in [0.3, 0.4) is 0 Å². The van der Waals surface area contributed by atoms with Gasteiger partial charge in [-0.1, -0.05) is 23.2 Å². The third-order valence-electron chi connectivity index (χ3n) is 4.17. The molecule has 3 rings (SSSR count). The summed E-state index contributed by atoms with van der Waals surface area (Å²) in [5, 5.41) is 11.7. The van der Waals surface area contributed by atoms with E-state index in [1.54, 1.807) is 6.07 Å². The lowest BCUT2D eigenvalue weighted by molar-refractivity contribution is 0.0449. The molecule has 0 spiro atoms. The molecule has 5 heteroatoms. The van der Waals surface area contributed by atoms with Gasteiger partial charge in [-0.05, 0) is 42.6 Å². The van der Waals surface area contributed by atoms with Crippen molar-refractivity contribution in [2.45, 2.75) is 37.5 Å². The maximum absolute atomic E-state index is 10.4. The predicted octanol–water partition coefficient (Wildman–Crippen LogP) is 2.37. The minimum Gasteiger partial charge on any atom is -0.391 e. The second kappa shape index (κ2) is 5.23. The van der Waals surface area contributed by atoms with E-state index in [-0.39, 0.29) is 12.1 Å². The summed E-state index contributed by atoms with van der Waals surface area (Å²) in [5.41, 5.74) is 8.14. The van der Waals surface area contributed by atoms with Gasteiger partial charge in [0.05, 0.1) is 12.1 Å². The molecule has 3 atom stereocenters. The zero-order valence-corrected chi connectivity index (χ0v) is 12.2. The van der Waals surface area contributed by atoms with Gasteiger partial charge in [0.2, 0.25) is 0 Å². The molecule has 0 bridgehead atoms. The first-order valence-corrected chi connectivity index (χ1v) is 7.47. The molecule has 0 amide bonds. The molecular weight excluding hydrogens is 283 g/mol. The molecule has 1 aliphatic carbocycles. The molecule has 1 aromatic rings. The Morgan fingerprint density at radius 1 is 1.32 bits per heavy atom. The summed E-state index contributed by atoms with van der Waals surface area (Å²) in [4.78, 5) is 2.28. The van der Waals surface area contributed by atoms with Gasteiger partial charge in [-0.2, -0.15) is 0 Å². The number of nitrogens with two attached hydrogens (primary N) is 1. The van der Waals surface area contributed by atoms with Crippen molar-refractivity contribution in [3.05, 3.63) is 33.3 Å². The Balaban J connectivity index is 1.95. The second-order valence-electron chi connectivity index (χ2n) is 5.57. The first kappa shape index (κ1) is 13.7. The Hall–Kier alpha value is -0.320. The van der Waals surface area contributed by atoms with E-state index in [9.17, 15) is 5.11 Å². The largest absolute Gasteiger partial charge is 0.391 e. The zero-order valence-electron chi connectivity index (χ0n) is 10.6. The molecule has 2 aliphatic rings. The number of rotatable bonds is 1. The van der Waals surface area contributed by atoms with Crippen LogP contribution in [0.4, 0.5) is 0 Å². The number of likely N-dealkylation sites (tertiary alicyclic amines) is 1. The van der Waals surface area contributed by atoms with Gasteiger partial charge in [-0.3, -0.25) is 4.90 Å². The molecule has 3 nitrogen and oxygen atoms in total. The highest BCUT2D eigenvalue weighted by Crippen LogP contribution is 2.41. The second-order valence-corrected chi connectivity index (χ2v) is 6.41. The SMILES string of the molecule is N[C@@H]1CCCN([C@@H]2c3cc(Cl)cc(Cl)c3C[C@H]2O)C1. The number of piperidine rings is 1. The van der Waals surface area contributed by atoms with E-state index in [0.717, 1.165) is 37.1 Å². The standard InChI is InChI=1S/C14H18Cl2N2O/c15-8-4-11-10(12(16)5-8)6-13(19)14(11)18-3-1-2-9(17)7-18/h4-5,9,13-14,19H,1-3,6-7,17H2/t9-,13-,14-/m1/s1. The molecule has 0 aromatic heterocycles. The van der Waals surface area contributed by atoms with Crippen LogP contribution in [0.15, 0.2) is 12.1 Å². The normalized spacial score (nSPS) is 31.5. The lowest BCUT2D eigenvalue weighted by Crippen LogP contribution is -2.46. The van der Waals surface area contributed by atoms with Crippen LogP contribution in [0.25, 0.3) is 0 Å². The first-order chi connectivity index (χ1) is 9.06. The maximum Gasteiger partial charge on any atom is 0.0778 e. The highest BCUT2D eigenvalue weighted by atomic mass is 35.5. The van der Waals surface area contributed by atoms with E-state index >= 15 is 0 Å². The molecule has 1 aliphatic heterocycles. The van der Waals surface area contributed by atoms with E-state index in [1.807, 2.05) is 6.07 Å². The van der Waals surface area contributed by atoms with E-state index in [2.05, 4.69) is 4.90 Å². The topological polar surface area (TPSA) is 49.5 Å². The Bertz CT molecular complexity index is 495. The third-order valence-corrected chi connectivity index (χ3v) is 4.73. The van der Waals surface area contributed by atoms with Gasteiger partial charge in [-0.25, -0.2) is 0 Å². The predicted molar refractivity (Wildman–Crippen MR) is 77.7 cm³/mol. The molecule has 0 unspecified atom stereocenters. The monoisotopic (exact) mass is 300 g/mol. The van der Waals surface area contributed by atoms with Crippen molar-refractivity contribution >= 4 is 23.2 Å². The number of hydrogen-bond acceptors (Lipinski definition) is 3. The highest BCUT2D eigenvalue weighted by molar-refractivity contribution is 6.35. The summed E-state index contributed by atoms with van der Waals surface area (Å²) in [6, 6.07) is 3.86. The van der Waals surface area contributed by atoms with E-state index in [1.165, 1.54) is 0 Å². The Morgan fingerprint density at radius 2 is 2.11 bits per heavy atom. The summed E-state index contributed by atoms with van der Waals surface area (Å²) >= 11 is 12.3. The van der Waals surface area contributed by atoms with E-state index in [4.69, 9.17) is 28.9 Å². The average Bonchev–Trinajstić information content (AvgIpc) is 2.66. The highest BCUT2D eigenvalue weighted by Gasteiger charge is 2.38. The number of halogens is 2. The van der Waals surface area contributed by atoms with E-state index < -0.39 is 6.10 Å². The summed E-state index contributed by atoms with van der Waals surface area (Å²) in [6.07, 6.45) is 2.31. The van der Waals surface area contributed by atoms with Crippen LogP contribution in [0.1, 0.15) is 30.0 Å². The summed E-state index contributed by atoms with van der Waals surface area (Å²) in [7, 11) is 0. The maximum atomic E-state index is 10.4. The molecule has 1 aromatic carbocycles. The molecular formula is C14H18Cl2N2O. The van der Waals surface area contributed by atoms with Gasteiger partial charge in [-0.15, -0.1) is 0 Å². The minimum absolute atomic E-state index is 0.0162. The molecule has 1 heterocycles. The van der Waals surface area contributed by atoms with Crippen molar-refractivity contribution in [2.75, 3.05) is 13.1 Å². The Labute approximate surface area is 123 Å². The number of hydrogen-bond donors (Lipinski definition) is 2. The first-order valence-electron chi connectivity index (χ1n) is 6.72. The van der Waals surface area contributed by atoms with Crippen LogP contribution < -0.4 is 5.73 Å². The van der Waals surface area contributed by atoms with Crippen LogP contribution in [-0.4, -0.2) is 35.2 Å². The summed E-state index contributed by atoms with van der Waals surface area (Å²) in [6.45, 7) is 1.80. The Morgan fingerprint density at radius 3 is 2.84 bits per heavy atom. The lowest BCUT2D eigenvalue weighted by atomic mass is 10.00. The number of aliphatic hydroxyl groups is 1. The zero-order chi connectivity index (χ0) is 13.6.